The lowest BCUT2D eigenvalue weighted by molar-refractivity contribution is -0.138. The van der Waals surface area contributed by atoms with Crippen molar-refractivity contribution < 1.29 is 26.7 Å². The monoisotopic (exact) mass is 545 g/mol. The SMILES string of the molecule is O=C(Nc1ccc(Cl)cc1N1CCN(CCC(F)(F)F)CC1)c1ccc(CN2CCNCC2)c(F)c1F. The van der Waals surface area contributed by atoms with E-state index in [-0.39, 0.29) is 18.7 Å². The number of hydrogen-bond acceptors (Lipinski definition) is 5. The third kappa shape index (κ3) is 7.31. The molecule has 0 saturated carbocycles. The highest BCUT2D eigenvalue weighted by Crippen LogP contribution is 2.31. The van der Waals surface area contributed by atoms with E-state index in [1.54, 1.807) is 23.1 Å². The molecule has 2 fully saturated rings. The summed E-state index contributed by atoms with van der Waals surface area (Å²) in [5.41, 5.74) is 0.682. The highest BCUT2D eigenvalue weighted by molar-refractivity contribution is 6.31. The quantitative estimate of drug-likeness (QED) is 0.507. The Morgan fingerprint density at radius 3 is 2.32 bits per heavy atom. The smallest absolute Gasteiger partial charge is 0.367 e. The van der Waals surface area contributed by atoms with Crippen molar-refractivity contribution in [1.82, 2.24) is 15.1 Å². The van der Waals surface area contributed by atoms with Gasteiger partial charge in [-0.2, -0.15) is 13.2 Å². The molecule has 0 bridgehead atoms. The maximum atomic E-state index is 14.9. The number of amides is 1. The summed E-state index contributed by atoms with van der Waals surface area (Å²) in [6, 6.07) is 7.47. The van der Waals surface area contributed by atoms with E-state index in [4.69, 9.17) is 11.6 Å². The molecule has 1 amide bonds. The van der Waals surface area contributed by atoms with Crippen molar-refractivity contribution in [2.45, 2.75) is 19.1 Å². The Labute approximate surface area is 217 Å². The summed E-state index contributed by atoms with van der Waals surface area (Å²) >= 11 is 6.17. The molecule has 0 atom stereocenters. The molecule has 37 heavy (non-hydrogen) atoms. The van der Waals surface area contributed by atoms with Gasteiger partial charge in [0.15, 0.2) is 11.6 Å². The lowest BCUT2D eigenvalue weighted by atomic mass is 10.1. The van der Waals surface area contributed by atoms with Crippen molar-refractivity contribution >= 4 is 28.9 Å². The first-order valence-corrected chi connectivity index (χ1v) is 12.5. The first kappa shape index (κ1) is 27.6. The minimum atomic E-state index is -4.21. The van der Waals surface area contributed by atoms with Gasteiger partial charge < -0.3 is 15.5 Å². The molecule has 12 heteroatoms. The highest BCUT2D eigenvalue weighted by Gasteiger charge is 2.29. The molecule has 2 aliphatic heterocycles. The van der Waals surface area contributed by atoms with Gasteiger partial charge in [-0.3, -0.25) is 14.6 Å². The normalized spacial score (nSPS) is 17.7. The van der Waals surface area contributed by atoms with E-state index in [0.29, 0.717) is 42.6 Å². The molecule has 2 aliphatic rings. The fourth-order valence-electron chi connectivity index (χ4n) is 4.56. The van der Waals surface area contributed by atoms with E-state index in [0.717, 1.165) is 26.2 Å². The summed E-state index contributed by atoms with van der Waals surface area (Å²) in [5, 5.41) is 6.26. The molecule has 2 N–H and O–H groups in total. The molecular weight excluding hydrogens is 517 g/mol. The first-order chi connectivity index (χ1) is 17.6. The molecule has 202 valence electrons. The van der Waals surface area contributed by atoms with Gasteiger partial charge in [-0.1, -0.05) is 17.7 Å². The van der Waals surface area contributed by atoms with Gasteiger partial charge in [0.25, 0.3) is 5.91 Å². The molecule has 2 aromatic carbocycles. The molecular formula is C25H29ClF5N5O. The molecule has 4 rings (SSSR count). The second-order valence-corrected chi connectivity index (χ2v) is 9.67. The Hall–Kier alpha value is -2.47. The maximum absolute atomic E-state index is 14.9. The Kier molecular flexibility index (Phi) is 8.89. The van der Waals surface area contributed by atoms with E-state index in [2.05, 4.69) is 10.6 Å². The second-order valence-electron chi connectivity index (χ2n) is 9.24. The molecule has 0 aromatic heterocycles. The number of halogens is 6. The molecule has 6 nitrogen and oxygen atoms in total. The van der Waals surface area contributed by atoms with Crippen LogP contribution in [-0.4, -0.2) is 80.8 Å². The number of carbonyl (C=O) groups is 1. The van der Waals surface area contributed by atoms with Crippen molar-refractivity contribution in [2.24, 2.45) is 0 Å². The third-order valence-corrected chi connectivity index (χ3v) is 6.88. The summed E-state index contributed by atoms with van der Waals surface area (Å²) in [6.45, 7) is 4.82. The van der Waals surface area contributed by atoms with Crippen molar-refractivity contribution in [1.29, 1.82) is 0 Å². The number of piperazine rings is 2. The standard InChI is InChI=1S/C25H29ClF5N5O/c26-18-2-4-20(21(15-18)36-13-11-34(12-14-36)8-5-25(29,30)31)33-24(37)19-3-1-17(22(27)23(19)28)16-35-9-6-32-7-10-35/h1-4,15,32H,5-14,16H2,(H,33,37). The number of anilines is 2. The van der Waals surface area contributed by atoms with Crippen LogP contribution in [0.1, 0.15) is 22.3 Å². The maximum Gasteiger partial charge on any atom is 0.390 e. The zero-order valence-corrected chi connectivity index (χ0v) is 20.9. The summed E-state index contributed by atoms with van der Waals surface area (Å²) in [6.07, 6.45) is -5.08. The van der Waals surface area contributed by atoms with Crippen molar-refractivity contribution in [2.75, 3.05) is 69.1 Å². The molecule has 0 spiro atoms. The van der Waals surface area contributed by atoms with E-state index in [9.17, 15) is 26.7 Å². The topological polar surface area (TPSA) is 50.9 Å². The molecule has 2 aromatic rings. The summed E-state index contributed by atoms with van der Waals surface area (Å²) in [4.78, 5) is 18.6. The molecule has 0 aliphatic carbocycles. The fourth-order valence-corrected chi connectivity index (χ4v) is 4.72. The van der Waals surface area contributed by atoms with E-state index < -0.39 is 35.7 Å². The minimum absolute atomic E-state index is 0.0774. The summed E-state index contributed by atoms with van der Waals surface area (Å²) in [5.74, 6) is -3.06. The predicted molar refractivity (Wildman–Crippen MR) is 133 cm³/mol. The summed E-state index contributed by atoms with van der Waals surface area (Å²) < 4.78 is 67.4. The fraction of sp³-hybridized carbons (Fsp3) is 0.480. The average molecular weight is 546 g/mol. The van der Waals surface area contributed by atoms with E-state index >= 15 is 0 Å². The van der Waals surface area contributed by atoms with Crippen LogP contribution < -0.4 is 15.5 Å². The van der Waals surface area contributed by atoms with Gasteiger partial charge in [0.05, 0.1) is 23.4 Å². The highest BCUT2D eigenvalue weighted by atomic mass is 35.5. The van der Waals surface area contributed by atoms with Crippen molar-refractivity contribution in [3.05, 3.63) is 58.1 Å². The van der Waals surface area contributed by atoms with Crippen LogP contribution in [0.15, 0.2) is 30.3 Å². The van der Waals surface area contributed by atoms with Crippen LogP contribution in [-0.2, 0) is 6.54 Å². The van der Waals surface area contributed by atoms with Crippen molar-refractivity contribution in [3.8, 4) is 0 Å². The van der Waals surface area contributed by atoms with Gasteiger partial charge in [-0.05, 0) is 24.3 Å². The number of carbonyl (C=O) groups excluding carboxylic acids is 1. The number of hydrogen-bond donors (Lipinski definition) is 2. The van der Waals surface area contributed by atoms with Crippen LogP contribution in [0.2, 0.25) is 5.02 Å². The predicted octanol–water partition coefficient (Wildman–Crippen LogP) is 4.35. The largest absolute Gasteiger partial charge is 0.390 e. The summed E-state index contributed by atoms with van der Waals surface area (Å²) in [7, 11) is 0. The first-order valence-electron chi connectivity index (χ1n) is 12.2. The number of nitrogens with zero attached hydrogens (tertiary/aromatic N) is 3. The molecule has 0 unspecified atom stereocenters. The van der Waals surface area contributed by atoms with Gasteiger partial charge in [-0.25, -0.2) is 8.78 Å². The van der Waals surface area contributed by atoms with Gasteiger partial charge in [0.2, 0.25) is 0 Å². The van der Waals surface area contributed by atoms with Gasteiger partial charge in [0.1, 0.15) is 0 Å². The van der Waals surface area contributed by atoms with Gasteiger partial charge in [-0.15, -0.1) is 0 Å². The molecule has 2 heterocycles. The van der Waals surface area contributed by atoms with E-state index in [1.807, 2.05) is 9.80 Å². The van der Waals surface area contributed by atoms with Crippen LogP contribution in [0.5, 0.6) is 0 Å². The number of alkyl halides is 3. The zero-order valence-electron chi connectivity index (χ0n) is 20.2. The number of nitrogens with one attached hydrogen (secondary N) is 2. The second kappa shape index (κ2) is 11.9. The average Bonchev–Trinajstić information content (AvgIpc) is 2.87. The van der Waals surface area contributed by atoms with Crippen LogP contribution in [0.25, 0.3) is 0 Å². The van der Waals surface area contributed by atoms with E-state index in [1.165, 1.54) is 12.1 Å². The van der Waals surface area contributed by atoms with Crippen LogP contribution in [0, 0.1) is 11.6 Å². The molecule has 2 saturated heterocycles. The van der Waals surface area contributed by atoms with Crippen LogP contribution >= 0.6 is 11.6 Å². The van der Waals surface area contributed by atoms with Gasteiger partial charge >= 0.3 is 6.18 Å². The van der Waals surface area contributed by atoms with Crippen molar-refractivity contribution in [3.63, 3.8) is 0 Å². The minimum Gasteiger partial charge on any atom is -0.367 e. The molecule has 0 radical (unpaired) electrons. The third-order valence-electron chi connectivity index (χ3n) is 6.64. The van der Waals surface area contributed by atoms with Crippen LogP contribution in [0.3, 0.4) is 0 Å². The lowest BCUT2D eigenvalue weighted by Gasteiger charge is -2.37. The number of benzene rings is 2. The Morgan fingerprint density at radius 2 is 1.65 bits per heavy atom. The Morgan fingerprint density at radius 1 is 0.946 bits per heavy atom. The van der Waals surface area contributed by atoms with Gasteiger partial charge in [0, 0.05) is 76.0 Å². The van der Waals surface area contributed by atoms with Crippen LogP contribution in [0.4, 0.5) is 33.3 Å². The number of rotatable bonds is 7. The Bertz CT molecular complexity index is 1100. The zero-order chi connectivity index (χ0) is 26.6. The lowest BCUT2D eigenvalue weighted by Crippen LogP contribution is -2.47. The Balaban J connectivity index is 1.44.